The molecule has 0 radical (unpaired) electrons. The van der Waals surface area contributed by atoms with E-state index in [2.05, 4.69) is 37.8 Å². The topological polar surface area (TPSA) is 118 Å². The highest BCUT2D eigenvalue weighted by Gasteiger charge is 2.15. The molecule has 9 nitrogen and oxygen atoms in total. The van der Waals surface area contributed by atoms with Gasteiger partial charge in [-0.15, -0.1) is 0 Å². The molecule has 3 N–H and O–H groups in total. The van der Waals surface area contributed by atoms with Crippen molar-refractivity contribution in [1.29, 1.82) is 0 Å². The molecule has 9 heteroatoms. The lowest BCUT2D eigenvalue weighted by Crippen LogP contribution is -2.24. The molecule has 2 heterocycles. The zero-order valence-corrected chi connectivity index (χ0v) is 15.1. The number of carbonyl (C=O) groups excluding carboxylic acids is 2. The van der Waals surface area contributed by atoms with Crippen molar-refractivity contribution in [3.63, 3.8) is 0 Å². The molecule has 3 aromatic rings. The summed E-state index contributed by atoms with van der Waals surface area (Å²) in [7, 11) is 0. The molecule has 0 spiro atoms. The molecule has 2 aromatic heterocycles. The first-order chi connectivity index (χ1) is 13.1. The molecule has 0 aliphatic rings. The highest BCUT2D eigenvalue weighted by molar-refractivity contribution is 6.03. The van der Waals surface area contributed by atoms with Crippen molar-refractivity contribution in [3.05, 3.63) is 54.4 Å². The number of aryl methyl sites for hydroxylation is 1. The first-order valence-electron chi connectivity index (χ1n) is 8.67. The van der Waals surface area contributed by atoms with Crippen molar-refractivity contribution in [2.75, 3.05) is 10.6 Å². The van der Waals surface area contributed by atoms with E-state index in [1.54, 1.807) is 37.3 Å². The van der Waals surface area contributed by atoms with Gasteiger partial charge < -0.3 is 10.6 Å². The Labute approximate surface area is 156 Å². The molecule has 0 fully saturated rings. The van der Waals surface area contributed by atoms with Gasteiger partial charge in [-0.2, -0.15) is 10.2 Å². The van der Waals surface area contributed by atoms with E-state index in [-0.39, 0.29) is 11.8 Å². The van der Waals surface area contributed by atoms with E-state index >= 15 is 0 Å². The van der Waals surface area contributed by atoms with Crippen LogP contribution in [0.2, 0.25) is 0 Å². The van der Waals surface area contributed by atoms with Gasteiger partial charge in [-0.3, -0.25) is 14.7 Å². The standard InChI is InChI=1S/C18H21N7O2/c1-3-4-15-9-16(24-23-15)18(27)22-14-7-5-13(6-8-14)21-17(26)12(2)25-11-19-10-20-25/h5-12H,3-4H2,1-2H3,(H,21,26)(H,22,27)(H,23,24)/t12-/m1/s1. The highest BCUT2D eigenvalue weighted by atomic mass is 16.2. The summed E-state index contributed by atoms with van der Waals surface area (Å²) in [5.41, 5.74) is 2.51. The largest absolute Gasteiger partial charge is 0.324 e. The Morgan fingerprint density at radius 3 is 2.52 bits per heavy atom. The van der Waals surface area contributed by atoms with Gasteiger partial charge in [-0.05, 0) is 43.7 Å². The minimum absolute atomic E-state index is 0.211. The molecule has 1 atom stereocenters. The number of rotatable bonds is 7. The number of nitrogens with zero attached hydrogens (tertiary/aromatic N) is 4. The van der Waals surface area contributed by atoms with Crippen molar-refractivity contribution >= 4 is 23.2 Å². The summed E-state index contributed by atoms with van der Waals surface area (Å²) >= 11 is 0. The van der Waals surface area contributed by atoms with Crippen molar-refractivity contribution in [2.45, 2.75) is 32.7 Å². The summed E-state index contributed by atoms with van der Waals surface area (Å²) in [6.45, 7) is 3.79. The number of nitrogens with one attached hydrogen (secondary N) is 3. The molecule has 2 amide bonds. The lowest BCUT2D eigenvalue weighted by atomic mass is 10.2. The lowest BCUT2D eigenvalue weighted by Gasteiger charge is -2.12. The molecule has 1 aromatic carbocycles. The fraction of sp³-hybridized carbons (Fsp3) is 0.278. The number of aromatic amines is 1. The highest BCUT2D eigenvalue weighted by Crippen LogP contribution is 2.16. The van der Waals surface area contributed by atoms with Gasteiger partial charge in [0.15, 0.2) is 5.69 Å². The Kier molecular flexibility index (Phi) is 5.60. The van der Waals surface area contributed by atoms with Crippen molar-refractivity contribution in [2.24, 2.45) is 0 Å². The van der Waals surface area contributed by atoms with E-state index < -0.39 is 6.04 Å². The monoisotopic (exact) mass is 367 g/mol. The zero-order valence-electron chi connectivity index (χ0n) is 15.1. The van der Waals surface area contributed by atoms with Gasteiger partial charge in [0.1, 0.15) is 18.7 Å². The van der Waals surface area contributed by atoms with E-state index in [0.717, 1.165) is 18.5 Å². The Bertz CT molecular complexity index is 900. The Hall–Kier alpha value is -3.49. The van der Waals surface area contributed by atoms with Gasteiger partial charge >= 0.3 is 0 Å². The lowest BCUT2D eigenvalue weighted by molar-refractivity contribution is -0.119. The van der Waals surface area contributed by atoms with Gasteiger partial charge in [0.2, 0.25) is 5.91 Å². The molecule has 27 heavy (non-hydrogen) atoms. The Morgan fingerprint density at radius 2 is 1.89 bits per heavy atom. The SMILES string of the molecule is CCCc1cc(C(=O)Nc2ccc(NC(=O)[C@@H](C)n3cncn3)cc2)n[nH]1. The van der Waals surface area contributed by atoms with Crippen LogP contribution < -0.4 is 10.6 Å². The normalized spacial score (nSPS) is 11.8. The average molecular weight is 367 g/mol. The molecular formula is C18H21N7O2. The van der Waals surface area contributed by atoms with Crippen LogP contribution in [0.15, 0.2) is 43.0 Å². The first kappa shape index (κ1) is 18.3. The number of hydrogen-bond donors (Lipinski definition) is 3. The molecule has 0 saturated heterocycles. The van der Waals surface area contributed by atoms with E-state index in [1.165, 1.54) is 17.3 Å². The van der Waals surface area contributed by atoms with Crippen molar-refractivity contribution in [1.82, 2.24) is 25.0 Å². The molecular weight excluding hydrogens is 346 g/mol. The smallest absolute Gasteiger partial charge is 0.276 e. The number of carbonyl (C=O) groups is 2. The van der Waals surface area contributed by atoms with E-state index in [1.807, 2.05) is 0 Å². The summed E-state index contributed by atoms with van der Waals surface area (Å²) in [6.07, 6.45) is 4.70. The van der Waals surface area contributed by atoms with Crippen LogP contribution in [0.4, 0.5) is 11.4 Å². The Morgan fingerprint density at radius 1 is 1.19 bits per heavy atom. The van der Waals surface area contributed by atoms with Crippen LogP contribution in [-0.4, -0.2) is 36.8 Å². The number of H-pyrrole nitrogens is 1. The summed E-state index contributed by atoms with van der Waals surface area (Å²) in [4.78, 5) is 28.3. The van der Waals surface area contributed by atoms with Gasteiger partial charge in [0.05, 0.1) is 0 Å². The Balaban J connectivity index is 1.58. The van der Waals surface area contributed by atoms with Crippen LogP contribution in [0, 0.1) is 0 Å². The maximum atomic E-state index is 12.2. The third-order valence-electron chi connectivity index (χ3n) is 4.01. The van der Waals surface area contributed by atoms with Crippen LogP contribution in [0.1, 0.15) is 42.5 Å². The molecule has 0 saturated carbocycles. The molecule has 0 aliphatic carbocycles. The van der Waals surface area contributed by atoms with Crippen LogP contribution in [0.3, 0.4) is 0 Å². The van der Waals surface area contributed by atoms with E-state index in [4.69, 9.17) is 0 Å². The third-order valence-corrected chi connectivity index (χ3v) is 4.01. The van der Waals surface area contributed by atoms with Crippen LogP contribution in [0.25, 0.3) is 0 Å². The number of benzene rings is 1. The summed E-state index contributed by atoms with van der Waals surface area (Å²) in [6, 6.07) is 8.13. The van der Waals surface area contributed by atoms with Gasteiger partial charge in [-0.25, -0.2) is 9.67 Å². The number of aromatic nitrogens is 5. The van der Waals surface area contributed by atoms with Gasteiger partial charge in [-0.1, -0.05) is 13.3 Å². The quantitative estimate of drug-likeness (QED) is 0.593. The average Bonchev–Trinajstić information content (AvgIpc) is 3.35. The molecule has 0 bridgehead atoms. The van der Waals surface area contributed by atoms with Crippen molar-refractivity contribution in [3.8, 4) is 0 Å². The number of hydrogen-bond acceptors (Lipinski definition) is 5. The predicted octanol–water partition coefficient (Wildman–Crippen LogP) is 2.41. The van der Waals surface area contributed by atoms with Crippen LogP contribution in [-0.2, 0) is 11.2 Å². The van der Waals surface area contributed by atoms with Gasteiger partial charge in [0, 0.05) is 17.1 Å². The van der Waals surface area contributed by atoms with Gasteiger partial charge in [0.25, 0.3) is 5.91 Å². The zero-order chi connectivity index (χ0) is 19.2. The van der Waals surface area contributed by atoms with Crippen LogP contribution in [0.5, 0.6) is 0 Å². The number of anilines is 2. The summed E-state index contributed by atoms with van der Waals surface area (Å²) < 4.78 is 1.47. The summed E-state index contributed by atoms with van der Waals surface area (Å²) in [5, 5.41) is 16.4. The second-order valence-electron chi connectivity index (χ2n) is 6.10. The molecule has 0 aliphatic heterocycles. The van der Waals surface area contributed by atoms with E-state index in [0.29, 0.717) is 17.1 Å². The maximum absolute atomic E-state index is 12.2. The minimum atomic E-state index is -0.483. The summed E-state index contributed by atoms with van der Waals surface area (Å²) in [5.74, 6) is -0.498. The minimum Gasteiger partial charge on any atom is -0.324 e. The molecule has 0 unspecified atom stereocenters. The fourth-order valence-corrected chi connectivity index (χ4v) is 2.49. The third kappa shape index (κ3) is 4.57. The predicted molar refractivity (Wildman–Crippen MR) is 100 cm³/mol. The van der Waals surface area contributed by atoms with E-state index in [9.17, 15) is 9.59 Å². The maximum Gasteiger partial charge on any atom is 0.276 e. The number of amides is 2. The fourth-order valence-electron chi connectivity index (χ4n) is 2.49. The second kappa shape index (κ2) is 8.26. The second-order valence-corrected chi connectivity index (χ2v) is 6.10. The molecule has 3 rings (SSSR count). The first-order valence-corrected chi connectivity index (χ1v) is 8.67. The van der Waals surface area contributed by atoms with Crippen molar-refractivity contribution < 1.29 is 9.59 Å². The van der Waals surface area contributed by atoms with Crippen LogP contribution >= 0.6 is 0 Å². The molecule has 140 valence electrons.